The third-order valence-corrected chi connectivity index (χ3v) is 8.41. The monoisotopic (exact) mass is 515 g/mol. The van der Waals surface area contributed by atoms with Gasteiger partial charge in [0.15, 0.2) is 0 Å². The van der Waals surface area contributed by atoms with Crippen molar-refractivity contribution in [2.75, 3.05) is 31.6 Å². The van der Waals surface area contributed by atoms with Gasteiger partial charge in [-0.2, -0.15) is 0 Å². The Balaban J connectivity index is 1.64. The molecular weight excluding hydrogens is 474 g/mol. The molecular formula is C28H41N3O6. The van der Waals surface area contributed by atoms with E-state index in [-0.39, 0.29) is 30.2 Å². The van der Waals surface area contributed by atoms with Crippen molar-refractivity contribution in [3.05, 3.63) is 24.3 Å². The van der Waals surface area contributed by atoms with Crippen LogP contribution in [-0.4, -0.2) is 71.3 Å². The highest BCUT2D eigenvalue weighted by atomic mass is 16.5. The smallest absolute Gasteiger partial charge is 0.245 e. The Bertz CT molecular complexity index is 1000. The highest BCUT2D eigenvalue weighted by molar-refractivity contribution is 6.02. The maximum absolute atomic E-state index is 14.0. The molecule has 3 saturated heterocycles. The summed E-state index contributed by atoms with van der Waals surface area (Å²) in [7, 11) is 0. The quantitative estimate of drug-likeness (QED) is 0.369. The normalized spacial score (nSPS) is 31.9. The third kappa shape index (κ3) is 4.72. The van der Waals surface area contributed by atoms with Gasteiger partial charge in [0.1, 0.15) is 17.4 Å². The van der Waals surface area contributed by atoms with E-state index in [9.17, 15) is 19.5 Å². The van der Waals surface area contributed by atoms with E-state index >= 15 is 0 Å². The third-order valence-electron chi connectivity index (χ3n) is 8.41. The summed E-state index contributed by atoms with van der Waals surface area (Å²) in [5, 5.41) is 15.3. The number of aliphatic hydroxyl groups is 1. The van der Waals surface area contributed by atoms with E-state index in [2.05, 4.69) is 17.6 Å². The summed E-state index contributed by atoms with van der Waals surface area (Å²) in [6.07, 6.45) is 3.42. The van der Waals surface area contributed by atoms with Gasteiger partial charge in [-0.1, -0.05) is 20.3 Å². The van der Waals surface area contributed by atoms with Gasteiger partial charge in [-0.05, 0) is 69.7 Å². The molecule has 2 bridgehead atoms. The van der Waals surface area contributed by atoms with Crippen LogP contribution >= 0.6 is 0 Å². The molecule has 3 unspecified atom stereocenters. The Kier molecular flexibility index (Phi) is 8.14. The predicted octanol–water partition coefficient (Wildman–Crippen LogP) is 2.72. The molecule has 4 rings (SSSR count). The predicted molar refractivity (Wildman–Crippen MR) is 139 cm³/mol. The van der Waals surface area contributed by atoms with Crippen molar-refractivity contribution in [2.45, 2.75) is 77.0 Å². The fourth-order valence-electron chi connectivity index (χ4n) is 6.58. The molecule has 1 aromatic carbocycles. The zero-order valence-corrected chi connectivity index (χ0v) is 22.4. The summed E-state index contributed by atoms with van der Waals surface area (Å²) in [6, 6.07) is 6.35. The molecule has 0 aliphatic carbocycles. The Morgan fingerprint density at radius 3 is 2.54 bits per heavy atom. The first kappa shape index (κ1) is 27.4. The number of rotatable bonds is 12. The van der Waals surface area contributed by atoms with Gasteiger partial charge in [-0.25, -0.2) is 0 Å². The van der Waals surface area contributed by atoms with Crippen molar-refractivity contribution in [1.82, 2.24) is 10.2 Å². The molecule has 0 saturated carbocycles. The average molecular weight is 516 g/mol. The van der Waals surface area contributed by atoms with E-state index in [0.717, 1.165) is 12.8 Å². The maximum Gasteiger partial charge on any atom is 0.245 e. The lowest BCUT2D eigenvalue weighted by molar-refractivity contribution is -0.146. The van der Waals surface area contributed by atoms with Gasteiger partial charge in [0, 0.05) is 25.4 Å². The molecule has 3 amide bonds. The van der Waals surface area contributed by atoms with Crippen LogP contribution in [0, 0.1) is 17.8 Å². The number of aliphatic hydroxyl groups excluding tert-OH is 1. The van der Waals surface area contributed by atoms with Crippen molar-refractivity contribution in [2.24, 2.45) is 17.8 Å². The lowest BCUT2D eigenvalue weighted by Gasteiger charge is -2.36. The van der Waals surface area contributed by atoms with E-state index in [1.807, 2.05) is 20.8 Å². The summed E-state index contributed by atoms with van der Waals surface area (Å²) < 4.78 is 12.2. The number of carbonyl (C=O) groups is 3. The summed E-state index contributed by atoms with van der Waals surface area (Å²) in [4.78, 5) is 42.9. The van der Waals surface area contributed by atoms with Gasteiger partial charge < -0.3 is 30.1 Å². The molecule has 3 fully saturated rings. The lowest BCUT2D eigenvalue weighted by atomic mass is 9.62. The van der Waals surface area contributed by atoms with Crippen LogP contribution < -0.4 is 15.4 Å². The molecule has 0 radical (unpaired) electrons. The number of unbranched alkanes of at least 4 members (excludes halogenated alkanes) is 2. The second-order valence-corrected chi connectivity index (χ2v) is 10.8. The zero-order valence-electron chi connectivity index (χ0n) is 22.4. The molecule has 3 heterocycles. The molecule has 6 atom stereocenters. The van der Waals surface area contributed by atoms with Crippen LogP contribution in [0.4, 0.5) is 5.69 Å². The highest BCUT2D eigenvalue weighted by Crippen LogP contribution is 2.65. The molecule has 3 N–H and O–H groups in total. The van der Waals surface area contributed by atoms with E-state index in [1.54, 1.807) is 29.2 Å². The molecule has 1 spiro atoms. The minimum absolute atomic E-state index is 0.0166. The van der Waals surface area contributed by atoms with Crippen LogP contribution in [-0.2, 0) is 19.1 Å². The number of hydrogen-bond donors (Lipinski definition) is 3. The highest BCUT2D eigenvalue weighted by Gasteiger charge is 2.79. The van der Waals surface area contributed by atoms with Crippen LogP contribution in [0.2, 0.25) is 0 Å². The summed E-state index contributed by atoms with van der Waals surface area (Å²) in [5.74, 6) is -1.49. The lowest BCUT2D eigenvalue weighted by Crippen LogP contribution is -2.55. The van der Waals surface area contributed by atoms with Gasteiger partial charge in [-0.15, -0.1) is 0 Å². The molecule has 9 nitrogen and oxygen atoms in total. The number of ether oxygens (including phenoxy) is 2. The van der Waals surface area contributed by atoms with Crippen LogP contribution in [0.15, 0.2) is 24.3 Å². The van der Waals surface area contributed by atoms with Crippen molar-refractivity contribution < 1.29 is 29.0 Å². The van der Waals surface area contributed by atoms with E-state index < -0.39 is 29.1 Å². The molecule has 9 heteroatoms. The number of likely N-dealkylation sites (tertiary alicyclic amines) is 1. The molecule has 3 aliphatic heterocycles. The fraction of sp³-hybridized carbons (Fsp3) is 0.679. The van der Waals surface area contributed by atoms with E-state index in [0.29, 0.717) is 50.4 Å². The number of hydrogen-bond acceptors (Lipinski definition) is 6. The molecule has 3 aliphatic rings. The molecule has 1 aromatic rings. The SMILES string of the molecule is CCCCNC(=O)C1N(CCCCO)C(=O)[C@@H]2[C@H](C(=O)Nc3ccc(OCC)cc3)[C@@]3(C)OC12CC3C. The van der Waals surface area contributed by atoms with Gasteiger partial charge in [-0.3, -0.25) is 14.4 Å². The first-order chi connectivity index (χ1) is 17.7. The average Bonchev–Trinajstić information content (AvgIpc) is 3.37. The largest absolute Gasteiger partial charge is 0.494 e. The second kappa shape index (κ2) is 11.0. The van der Waals surface area contributed by atoms with Crippen LogP contribution in [0.25, 0.3) is 0 Å². The Morgan fingerprint density at radius 2 is 1.89 bits per heavy atom. The summed E-state index contributed by atoms with van der Waals surface area (Å²) in [6.45, 7) is 9.34. The standard InChI is InChI=1S/C28H41N3O6/c1-5-7-14-29-25(34)23-28-17-18(3)27(4,37-28)21(22(28)26(35)31(23)15-8-9-16-32)24(33)30-19-10-12-20(13-11-19)36-6-2/h10-13,18,21-23,32H,5-9,14-17H2,1-4H3,(H,29,34)(H,30,33)/t18?,21-,22+,23?,27+,28?/m1/s1. The van der Waals surface area contributed by atoms with Crippen LogP contribution in [0.3, 0.4) is 0 Å². The van der Waals surface area contributed by atoms with Gasteiger partial charge in [0.2, 0.25) is 17.7 Å². The number of anilines is 1. The van der Waals surface area contributed by atoms with Crippen molar-refractivity contribution in [1.29, 1.82) is 0 Å². The van der Waals surface area contributed by atoms with Crippen LogP contribution in [0.1, 0.15) is 59.8 Å². The second-order valence-electron chi connectivity index (χ2n) is 10.8. The Morgan fingerprint density at radius 1 is 1.16 bits per heavy atom. The van der Waals surface area contributed by atoms with Crippen molar-refractivity contribution in [3.8, 4) is 5.75 Å². The number of benzene rings is 1. The van der Waals surface area contributed by atoms with Gasteiger partial charge >= 0.3 is 0 Å². The maximum atomic E-state index is 14.0. The first-order valence-corrected chi connectivity index (χ1v) is 13.7. The van der Waals surface area contributed by atoms with Crippen molar-refractivity contribution in [3.63, 3.8) is 0 Å². The molecule has 37 heavy (non-hydrogen) atoms. The minimum atomic E-state index is -1.05. The number of carbonyl (C=O) groups excluding carboxylic acids is 3. The van der Waals surface area contributed by atoms with Gasteiger partial charge in [0.05, 0.1) is 24.0 Å². The number of nitrogens with one attached hydrogen (secondary N) is 2. The Hall–Kier alpha value is -2.65. The molecule has 204 valence electrons. The molecule has 0 aromatic heterocycles. The minimum Gasteiger partial charge on any atom is -0.494 e. The topological polar surface area (TPSA) is 117 Å². The summed E-state index contributed by atoms with van der Waals surface area (Å²) in [5.41, 5.74) is -1.31. The van der Waals surface area contributed by atoms with Crippen LogP contribution in [0.5, 0.6) is 5.75 Å². The number of fused-ring (bicyclic) bond motifs is 1. The number of nitrogens with zero attached hydrogens (tertiary/aromatic N) is 1. The van der Waals surface area contributed by atoms with Crippen molar-refractivity contribution >= 4 is 23.4 Å². The Labute approximate surface area is 219 Å². The van der Waals surface area contributed by atoms with E-state index in [4.69, 9.17) is 9.47 Å². The van der Waals surface area contributed by atoms with Gasteiger partial charge in [0.25, 0.3) is 0 Å². The first-order valence-electron chi connectivity index (χ1n) is 13.7. The fourth-order valence-corrected chi connectivity index (χ4v) is 6.58. The zero-order chi connectivity index (χ0) is 26.8. The summed E-state index contributed by atoms with van der Waals surface area (Å²) >= 11 is 0. The number of amides is 3. The van der Waals surface area contributed by atoms with E-state index in [1.165, 1.54) is 0 Å².